The van der Waals surface area contributed by atoms with Crippen molar-refractivity contribution in [3.63, 3.8) is 0 Å². The first-order valence-corrected chi connectivity index (χ1v) is 11.0. The highest BCUT2D eigenvalue weighted by molar-refractivity contribution is 5.96. The number of hydrogen-bond acceptors (Lipinski definition) is 3. The van der Waals surface area contributed by atoms with Crippen molar-refractivity contribution in [3.8, 4) is 0 Å². The van der Waals surface area contributed by atoms with Crippen molar-refractivity contribution in [3.05, 3.63) is 54.6 Å². The van der Waals surface area contributed by atoms with Gasteiger partial charge in [-0.1, -0.05) is 18.2 Å². The molecule has 2 saturated heterocycles. The molecule has 2 aliphatic heterocycles. The molecule has 0 aromatic heterocycles. The van der Waals surface area contributed by atoms with E-state index in [4.69, 9.17) is 0 Å². The Morgan fingerprint density at radius 1 is 0.935 bits per heavy atom. The molecule has 162 valence electrons. The third-order valence-corrected chi connectivity index (χ3v) is 6.05. The Kier molecular flexibility index (Phi) is 6.62. The van der Waals surface area contributed by atoms with Crippen LogP contribution in [0.2, 0.25) is 0 Å². The zero-order valence-corrected chi connectivity index (χ0v) is 17.6. The van der Waals surface area contributed by atoms with Crippen LogP contribution in [-0.4, -0.2) is 43.9 Å². The molecule has 7 heteroatoms. The molecular weight excluding hydrogens is 392 g/mol. The van der Waals surface area contributed by atoms with Crippen LogP contribution in [-0.2, 0) is 14.4 Å². The van der Waals surface area contributed by atoms with Gasteiger partial charge in [0.05, 0.1) is 13.1 Å². The van der Waals surface area contributed by atoms with Crippen molar-refractivity contribution in [1.29, 1.82) is 0 Å². The quantitative estimate of drug-likeness (QED) is 0.664. The summed E-state index contributed by atoms with van der Waals surface area (Å²) in [6, 6.07) is 16.9. The maximum Gasteiger partial charge on any atom is 0.279 e. The lowest BCUT2D eigenvalue weighted by Gasteiger charge is -2.28. The minimum Gasteiger partial charge on any atom is -0.327 e. The van der Waals surface area contributed by atoms with E-state index in [-0.39, 0.29) is 23.6 Å². The van der Waals surface area contributed by atoms with Crippen LogP contribution in [0.5, 0.6) is 0 Å². The zero-order valence-electron chi connectivity index (χ0n) is 17.6. The number of quaternary nitrogens is 1. The number of carbonyl (C=O) groups excluding carboxylic acids is 3. The van der Waals surface area contributed by atoms with E-state index in [1.807, 2.05) is 54.6 Å². The number of rotatable bonds is 6. The van der Waals surface area contributed by atoms with Gasteiger partial charge in [0.1, 0.15) is 0 Å². The van der Waals surface area contributed by atoms with Gasteiger partial charge in [-0.3, -0.25) is 14.4 Å². The lowest BCUT2D eigenvalue weighted by molar-refractivity contribution is -0.897. The Labute approximate surface area is 182 Å². The molecule has 3 N–H and O–H groups in total. The lowest BCUT2D eigenvalue weighted by atomic mass is 9.96. The number of likely N-dealkylation sites (tertiary alicyclic amines) is 1. The van der Waals surface area contributed by atoms with Crippen LogP contribution >= 0.6 is 0 Å². The number of nitrogens with one attached hydrogen (secondary N) is 3. The zero-order chi connectivity index (χ0) is 21.6. The van der Waals surface area contributed by atoms with E-state index in [0.717, 1.165) is 56.0 Å². The Bertz CT molecular complexity index is 922. The SMILES string of the molecule is O=C(C[NH+]1CCC(C(=O)Nc2ccccc2)CC1)Nc1ccc(N2CCCC2=O)cc1. The molecule has 0 atom stereocenters. The predicted molar refractivity (Wildman–Crippen MR) is 120 cm³/mol. The smallest absolute Gasteiger partial charge is 0.279 e. The van der Waals surface area contributed by atoms with Gasteiger partial charge < -0.3 is 20.4 Å². The topological polar surface area (TPSA) is 82.9 Å². The summed E-state index contributed by atoms with van der Waals surface area (Å²) < 4.78 is 0. The minimum atomic E-state index is -0.0350. The normalized spacial score (nSPS) is 21.0. The van der Waals surface area contributed by atoms with Crippen molar-refractivity contribution < 1.29 is 19.3 Å². The van der Waals surface area contributed by atoms with Crippen LogP contribution in [0.4, 0.5) is 17.1 Å². The molecule has 0 unspecified atom stereocenters. The summed E-state index contributed by atoms with van der Waals surface area (Å²) >= 11 is 0. The monoisotopic (exact) mass is 421 g/mol. The second-order valence-corrected chi connectivity index (χ2v) is 8.30. The fraction of sp³-hybridized carbons (Fsp3) is 0.375. The van der Waals surface area contributed by atoms with Crippen LogP contribution in [0.1, 0.15) is 25.7 Å². The van der Waals surface area contributed by atoms with Gasteiger partial charge in [-0.2, -0.15) is 0 Å². The van der Waals surface area contributed by atoms with Crippen molar-refractivity contribution in [2.75, 3.05) is 41.7 Å². The molecule has 7 nitrogen and oxygen atoms in total. The number of anilines is 3. The van der Waals surface area contributed by atoms with Crippen molar-refractivity contribution in [1.82, 2.24) is 0 Å². The third kappa shape index (κ3) is 5.49. The summed E-state index contributed by atoms with van der Waals surface area (Å²) in [6.07, 6.45) is 3.05. The van der Waals surface area contributed by atoms with E-state index in [9.17, 15) is 14.4 Å². The van der Waals surface area contributed by atoms with Gasteiger partial charge in [0, 0.05) is 48.8 Å². The van der Waals surface area contributed by atoms with Gasteiger partial charge >= 0.3 is 0 Å². The molecular formula is C24H29N4O3+. The Morgan fingerprint density at radius 3 is 2.26 bits per heavy atom. The second-order valence-electron chi connectivity index (χ2n) is 8.30. The van der Waals surface area contributed by atoms with Crippen LogP contribution in [0, 0.1) is 5.92 Å². The largest absolute Gasteiger partial charge is 0.327 e. The first-order valence-electron chi connectivity index (χ1n) is 11.0. The standard InChI is InChI=1S/C24H28N4O3/c29-22(25-20-8-10-21(11-9-20)28-14-4-7-23(28)30)17-27-15-12-18(13-16-27)24(31)26-19-5-2-1-3-6-19/h1-3,5-6,8-11,18H,4,7,12-17H2,(H,25,29)(H,26,31)/p+1. The van der Waals surface area contributed by atoms with Crippen LogP contribution in [0.15, 0.2) is 54.6 Å². The number of benzene rings is 2. The van der Waals surface area contributed by atoms with Gasteiger partial charge in [0.2, 0.25) is 11.8 Å². The summed E-state index contributed by atoms with van der Waals surface area (Å²) in [4.78, 5) is 39.7. The van der Waals surface area contributed by atoms with E-state index >= 15 is 0 Å². The lowest BCUT2D eigenvalue weighted by Crippen LogP contribution is -3.14. The Hall–Kier alpha value is -3.19. The molecule has 31 heavy (non-hydrogen) atoms. The molecule has 2 aromatic carbocycles. The van der Waals surface area contributed by atoms with Crippen molar-refractivity contribution in [2.24, 2.45) is 5.92 Å². The first-order chi connectivity index (χ1) is 15.1. The number of amides is 3. The highest BCUT2D eigenvalue weighted by Gasteiger charge is 2.28. The van der Waals surface area contributed by atoms with E-state index in [1.54, 1.807) is 4.90 Å². The maximum atomic E-state index is 12.5. The Balaban J connectivity index is 1.21. The summed E-state index contributed by atoms with van der Waals surface area (Å²) in [5.41, 5.74) is 2.43. The number of piperidine rings is 1. The number of carbonyl (C=O) groups is 3. The van der Waals surface area contributed by atoms with Crippen LogP contribution < -0.4 is 20.4 Å². The van der Waals surface area contributed by atoms with Crippen LogP contribution in [0.3, 0.4) is 0 Å². The van der Waals surface area contributed by atoms with Gasteiger partial charge in [0.15, 0.2) is 6.54 Å². The van der Waals surface area contributed by atoms with E-state index in [1.165, 1.54) is 4.90 Å². The third-order valence-electron chi connectivity index (χ3n) is 6.05. The fourth-order valence-electron chi connectivity index (χ4n) is 4.31. The van der Waals surface area contributed by atoms with E-state index in [2.05, 4.69) is 10.6 Å². The van der Waals surface area contributed by atoms with Gasteiger partial charge in [0.25, 0.3) is 5.91 Å². The van der Waals surface area contributed by atoms with Gasteiger partial charge in [-0.15, -0.1) is 0 Å². The second kappa shape index (κ2) is 9.75. The average Bonchev–Trinajstić information content (AvgIpc) is 3.21. The molecule has 0 radical (unpaired) electrons. The highest BCUT2D eigenvalue weighted by Crippen LogP contribution is 2.23. The molecule has 0 aliphatic carbocycles. The summed E-state index contributed by atoms with van der Waals surface area (Å²) in [5, 5.41) is 5.92. The summed E-state index contributed by atoms with van der Waals surface area (Å²) in [7, 11) is 0. The fourth-order valence-corrected chi connectivity index (χ4v) is 4.31. The Morgan fingerprint density at radius 2 is 1.61 bits per heavy atom. The molecule has 0 saturated carbocycles. The molecule has 0 spiro atoms. The van der Waals surface area contributed by atoms with Crippen molar-refractivity contribution >= 4 is 34.8 Å². The van der Waals surface area contributed by atoms with Crippen LogP contribution in [0.25, 0.3) is 0 Å². The average molecular weight is 422 g/mol. The van der Waals surface area contributed by atoms with E-state index < -0.39 is 0 Å². The molecule has 2 heterocycles. The molecule has 2 fully saturated rings. The molecule has 4 rings (SSSR count). The molecule has 0 bridgehead atoms. The number of nitrogens with zero attached hydrogens (tertiary/aromatic N) is 1. The summed E-state index contributed by atoms with van der Waals surface area (Å²) in [5.74, 6) is 0.174. The first kappa shape index (κ1) is 21.1. The predicted octanol–water partition coefficient (Wildman–Crippen LogP) is 1.69. The van der Waals surface area contributed by atoms with E-state index in [0.29, 0.717) is 13.0 Å². The van der Waals surface area contributed by atoms with Crippen molar-refractivity contribution in [2.45, 2.75) is 25.7 Å². The maximum absolute atomic E-state index is 12.5. The highest BCUT2D eigenvalue weighted by atomic mass is 16.2. The minimum absolute atomic E-state index is 0.00661. The number of para-hydroxylation sites is 1. The van der Waals surface area contributed by atoms with Gasteiger partial charge in [-0.05, 0) is 42.8 Å². The number of hydrogen-bond donors (Lipinski definition) is 3. The molecule has 2 aliphatic rings. The van der Waals surface area contributed by atoms with Gasteiger partial charge in [-0.25, -0.2) is 0 Å². The summed E-state index contributed by atoms with van der Waals surface area (Å²) in [6.45, 7) is 2.75. The molecule has 2 aromatic rings. The molecule has 3 amide bonds.